The molecule has 0 radical (unpaired) electrons. The lowest BCUT2D eigenvalue weighted by Crippen LogP contribution is -2.08. The third-order valence-corrected chi connectivity index (χ3v) is 2.97. The van der Waals surface area contributed by atoms with Crippen molar-refractivity contribution in [2.75, 3.05) is 19.7 Å². The second-order valence-electron chi connectivity index (χ2n) is 4.25. The summed E-state index contributed by atoms with van der Waals surface area (Å²) < 4.78 is 5.42. The van der Waals surface area contributed by atoms with Crippen molar-refractivity contribution in [1.29, 1.82) is 0 Å². The van der Waals surface area contributed by atoms with Crippen LogP contribution in [0, 0.1) is 0 Å². The van der Waals surface area contributed by atoms with Crippen molar-refractivity contribution in [1.82, 2.24) is 5.32 Å². The predicted molar refractivity (Wildman–Crippen MR) is 64.4 cm³/mol. The molecule has 2 rings (SSSR count). The van der Waals surface area contributed by atoms with Gasteiger partial charge in [-0.05, 0) is 36.6 Å². The molecule has 1 aromatic carbocycles. The number of ether oxygens (including phenoxy) is 1. The lowest BCUT2D eigenvalue weighted by molar-refractivity contribution is -0.137. The molecule has 0 amide bonds. The average molecular weight is 235 g/mol. The van der Waals surface area contributed by atoms with Crippen molar-refractivity contribution in [3.63, 3.8) is 0 Å². The number of hydrogen-bond acceptors (Lipinski definition) is 3. The van der Waals surface area contributed by atoms with E-state index >= 15 is 0 Å². The Balaban J connectivity index is 1.93. The van der Waals surface area contributed by atoms with Crippen molar-refractivity contribution in [2.24, 2.45) is 0 Å². The third kappa shape index (κ3) is 3.46. The van der Waals surface area contributed by atoms with E-state index in [2.05, 4.69) is 11.4 Å². The van der Waals surface area contributed by atoms with E-state index in [1.807, 2.05) is 18.2 Å². The Hall–Kier alpha value is -1.55. The summed E-state index contributed by atoms with van der Waals surface area (Å²) in [7, 11) is 0. The molecule has 1 fully saturated rings. The molecular weight excluding hydrogens is 218 g/mol. The molecule has 1 aliphatic rings. The molecule has 0 bridgehead atoms. The van der Waals surface area contributed by atoms with E-state index in [1.54, 1.807) is 0 Å². The van der Waals surface area contributed by atoms with Crippen molar-refractivity contribution < 1.29 is 14.6 Å². The Labute approximate surface area is 101 Å². The van der Waals surface area contributed by atoms with E-state index < -0.39 is 5.97 Å². The summed E-state index contributed by atoms with van der Waals surface area (Å²) in [5.41, 5.74) is 1.27. The molecule has 0 saturated carbocycles. The first-order valence-electron chi connectivity index (χ1n) is 5.91. The number of rotatable bonds is 5. The predicted octanol–water partition coefficient (Wildman–Crippen LogP) is 1.62. The Morgan fingerprint density at radius 1 is 1.53 bits per heavy atom. The van der Waals surface area contributed by atoms with Crippen molar-refractivity contribution >= 4 is 5.97 Å². The molecule has 1 atom stereocenters. The maximum absolute atomic E-state index is 10.4. The third-order valence-electron chi connectivity index (χ3n) is 2.97. The van der Waals surface area contributed by atoms with Crippen molar-refractivity contribution in [2.45, 2.75) is 18.8 Å². The van der Waals surface area contributed by atoms with E-state index in [1.165, 1.54) is 5.56 Å². The van der Waals surface area contributed by atoms with E-state index in [0.29, 0.717) is 5.92 Å². The molecular formula is C13H17NO3. The van der Waals surface area contributed by atoms with Crippen LogP contribution in [0.1, 0.15) is 24.3 Å². The molecule has 1 aromatic rings. The first-order valence-corrected chi connectivity index (χ1v) is 5.91. The zero-order chi connectivity index (χ0) is 12.1. The van der Waals surface area contributed by atoms with Gasteiger partial charge in [-0.1, -0.05) is 12.1 Å². The van der Waals surface area contributed by atoms with Gasteiger partial charge in [0.25, 0.3) is 0 Å². The Kier molecular flexibility index (Phi) is 3.98. The quantitative estimate of drug-likeness (QED) is 0.814. The van der Waals surface area contributed by atoms with E-state index in [4.69, 9.17) is 9.84 Å². The minimum Gasteiger partial charge on any atom is -0.493 e. The fraction of sp³-hybridized carbons (Fsp3) is 0.462. The largest absolute Gasteiger partial charge is 0.493 e. The second-order valence-corrected chi connectivity index (χ2v) is 4.25. The second kappa shape index (κ2) is 5.68. The van der Waals surface area contributed by atoms with Crippen molar-refractivity contribution in [3.05, 3.63) is 29.8 Å². The fourth-order valence-electron chi connectivity index (χ4n) is 2.05. The lowest BCUT2D eigenvalue weighted by atomic mass is 9.98. The number of carboxylic acid groups (broad SMARTS) is 1. The lowest BCUT2D eigenvalue weighted by Gasteiger charge is -2.11. The van der Waals surface area contributed by atoms with Gasteiger partial charge in [0.05, 0.1) is 13.0 Å². The highest BCUT2D eigenvalue weighted by atomic mass is 16.5. The van der Waals surface area contributed by atoms with Gasteiger partial charge in [0, 0.05) is 6.54 Å². The maximum Gasteiger partial charge on any atom is 0.306 e. The minimum atomic E-state index is -0.832. The molecule has 1 heterocycles. The fourth-order valence-corrected chi connectivity index (χ4v) is 2.05. The summed E-state index contributed by atoms with van der Waals surface area (Å²) >= 11 is 0. The number of benzene rings is 1. The van der Waals surface area contributed by atoms with Gasteiger partial charge in [-0.15, -0.1) is 0 Å². The van der Waals surface area contributed by atoms with Gasteiger partial charge in [-0.2, -0.15) is 0 Å². The van der Waals surface area contributed by atoms with E-state index in [-0.39, 0.29) is 13.0 Å². The standard InChI is InChI=1S/C13H17NO3/c15-13(16)5-7-17-12-3-1-2-10(8-12)11-4-6-14-9-11/h1-3,8,11,14H,4-7,9H2,(H,15,16). The first kappa shape index (κ1) is 11.9. The SMILES string of the molecule is O=C(O)CCOc1cccc(C2CCNC2)c1. The molecule has 1 saturated heterocycles. The normalized spacial score (nSPS) is 19.2. The van der Waals surface area contributed by atoms with Crippen LogP contribution in [0.3, 0.4) is 0 Å². The van der Waals surface area contributed by atoms with Gasteiger partial charge in [0.2, 0.25) is 0 Å². The Bertz CT molecular complexity index is 386. The molecule has 0 aromatic heterocycles. The number of carbonyl (C=O) groups is 1. The molecule has 1 aliphatic heterocycles. The molecule has 17 heavy (non-hydrogen) atoms. The van der Waals surface area contributed by atoms with Gasteiger partial charge >= 0.3 is 5.97 Å². The molecule has 0 spiro atoms. The van der Waals surface area contributed by atoms with Crippen LogP contribution in [0.15, 0.2) is 24.3 Å². The number of nitrogens with one attached hydrogen (secondary N) is 1. The van der Waals surface area contributed by atoms with Crippen LogP contribution in [0.4, 0.5) is 0 Å². The average Bonchev–Trinajstić information content (AvgIpc) is 2.82. The minimum absolute atomic E-state index is 0.0369. The molecule has 4 heteroatoms. The molecule has 4 nitrogen and oxygen atoms in total. The number of hydrogen-bond donors (Lipinski definition) is 2. The molecule has 1 unspecified atom stereocenters. The van der Waals surface area contributed by atoms with Crippen LogP contribution < -0.4 is 10.1 Å². The summed E-state index contributed by atoms with van der Waals surface area (Å²) in [6.07, 6.45) is 1.19. The van der Waals surface area contributed by atoms with Crippen LogP contribution in [0.25, 0.3) is 0 Å². The van der Waals surface area contributed by atoms with Crippen LogP contribution in [-0.2, 0) is 4.79 Å². The Morgan fingerprint density at radius 3 is 3.12 bits per heavy atom. The summed E-state index contributed by atoms with van der Waals surface area (Å²) in [6, 6.07) is 7.94. The maximum atomic E-state index is 10.4. The zero-order valence-electron chi connectivity index (χ0n) is 9.69. The molecule has 2 N–H and O–H groups in total. The summed E-state index contributed by atoms with van der Waals surface area (Å²) in [5, 5.41) is 11.9. The van der Waals surface area contributed by atoms with Crippen LogP contribution in [0.5, 0.6) is 5.75 Å². The van der Waals surface area contributed by atoms with Gasteiger partial charge in [0.15, 0.2) is 0 Å². The molecule has 0 aliphatic carbocycles. The summed E-state index contributed by atoms with van der Waals surface area (Å²) in [4.78, 5) is 10.4. The highest BCUT2D eigenvalue weighted by Gasteiger charge is 2.16. The van der Waals surface area contributed by atoms with E-state index in [0.717, 1.165) is 25.3 Å². The summed E-state index contributed by atoms with van der Waals surface area (Å²) in [5.74, 6) is 0.481. The van der Waals surface area contributed by atoms with Gasteiger partial charge in [-0.25, -0.2) is 0 Å². The highest BCUT2D eigenvalue weighted by Crippen LogP contribution is 2.25. The van der Waals surface area contributed by atoms with Gasteiger partial charge in [0.1, 0.15) is 5.75 Å². The van der Waals surface area contributed by atoms with Crippen LogP contribution in [0.2, 0.25) is 0 Å². The van der Waals surface area contributed by atoms with Crippen LogP contribution >= 0.6 is 0 Å². The first-order chi connectivity index (χ1) is 8.25. The van der Waals surface area contributed by atoms with Gasteiger partial charge in [-0.3, -0.25) is 4.79 Å². The topological polar surface area (TPSA) is 58.6 Å². The number of carboxylic acids is 1. The van der Waals surface area contributed by atoms with Gasteiger partial charge < -0.3 is 15.2 Å². The van der Waals surface area contributed by atoms with Crippen LogP contribution in [-0.4, -0.2) is 30.8 Å². The van der Waals surface area contributed by atoms with E-state index in [9.17, 15) is 4.79 Å². The van der Waals surface area contributed by atoms with Crippen molar-refractivity contribution in [3.8, 4) is 5.75 Å². The Morgan fingerprint density at radius 2 is 2.41 bits per heavy atom. The zero-order valence-corrected chi connectivity index (χ0v) is 9.69. The monoisotopic (exact) mass is 235 g/mol. The molecule has 92 valence electrons. The smallest absolute Gasteiger partial charge is 0.306 e. The summed E-state index contributed by atoms with van der Waals surface area (Å²) in [6.45, 7) is 2.30. The highest BCUT2D eigenvalue weighted by molar-refractivity contribution is 5.66. The number of aliphatic carboxylic acids is 1.